The van der Waals surface area contributed by atoms with Gasteiger partial charge in [-0.1, -0.05) is 54.6 Å². The second kappa shape index (κ2) is 8.33. The Labute approximate surface area is 167 Å². The molecule has 0 aliphatic carbocycles. The first-order chi connectivity index (χ1) is 13.6. The summed E-state index contributed by atoms with van der Waals surface area (Å²) >= 11 is 0. The Balaban J connectivity index is 1.40. The van der Waals surface area contributed by atoms with Gasteiger partial charge in [0.05, 0.1) is 11.6 Å². The molecule has 5 heteroatoms. The van der Waals surface area contributed by atoms with Crippen molar-refractivity contribution in [2.45, 2.75) is 30.9 Å². The quantitative estimate of drug-likeness (QED) is 0.863. The molecule has 0 saturated carbocycles. The van der Waals surface area contributed by atoms with E-state index in [1.165, 1.54) is 0 Å². The van der Waals surface area contributed by atoms with Crippen LogP contribution < -0.4 is 5.32 Å². The first kappa shape index (κ1) is 19.0. The average Bonchev–Trinajstić information content (AvgIpc) is 2.75. The molecule has 2 fully saturated rings. The summed E-state index contributed by atoms with van der Waals surface area (Å²) in [6.45, 7) is 3.50. The SMILES string of the molecule is O=C(N1CCC(O)(Cc2cc[c]cc2)CC1)N1CCNC[C@H]1c1ccccc1. The number of nitrogens with one attached hydrogen (secondary N) is 1. The lowest BCUT2D eigenvalue weighted by Gasteiger charge is -2.43. The zero-order valence-corrected chi connectivity index (χ0v) is 16.2. The van der Waals surface area contributed by atoms with E-state index in [0.717, 1.165) is 24.2 Å². The van der Waals surface area contributed by atoms with Crippen LogP contribution >= 0.6 is 0 Å². The number of amides is 2. The fourth-order valence-electron chi connectivity index (χ4n) is 4.30. The summed E-state index contributed by atoms with van der Waals surface area (Å²) in [6, 6.07) is 21.1. The highest BCUT2D eigenvalue weighted by Gasteiger charge is 2.37. The van der Waals surface area contributed by atoms with Gasteiger partial charge in [-0.25, -0.2) is 4.79 Å². The number of piperazine rings is 1. The van der Waals surface area contributed by atoms with Crippen LogP contribution in [-0.4, -0.2) is 59.3 Å². The fourth-order valence-corrected chi connectivity index (χ4v) is 4.30. The molecule has 0 spiro atoms. The largest absolute Gasteiger partial charge is 0.389 e. The number of hydrogen-bond acceptors (Lipinski definition) is 3. The molecule has 2 N–H and O–H groups in total. The standard InChI is InChI=1S/C23H28N3O2/c27-22(26-16-13-24-18-21(26)20-9-5-2-6-10-20)25-14-11-23(28,12-15-25)17-19-7-3-1-4-8-19/h2-10,21,24,28H,11-18H2/t21-/m0/s1. The van der Waals surface area contributed by atoms with Crippen molar-refractivity contribution in [3.05, 3.63) is 71.8 Å². The number of nitrogens with zero attached hydrogens (tertiary/aromatic N) is 2. The summed E-state index contributed by atoms with van der Waals surface area (Å²) in [5.74, 6) is 0. The highest BCUT2D eigenvalue weighted by molar-refractivity contribution is 5.75. The predicted molar refractivity (Wildman–Crippen MR) is 109 cm³/mol. The molecule has 5 nitrogen and oxygen atoms in total. The van der Waals surface area contributed by atoms with E-state index < -0.39 is 5.60 Å². The van der Waals surface area contributed by atoms with Crippen molar-refractivity contribution in [2.24, 2.45) is 0 Å². The smallest absolute Gasteiger partial charge is 0.320 e. The molecular formula is C23H28N3O2. The summed E-state index contributed by atoms with van der Waals surface area (Å²) in [6.07, 6.45) is 1.85. The van der Waals surface area contributed by atoms with Crippen LogP contribution in [0.3, 0.4) is 0 Å². The van der Waals surface area contributed by atoms with Crippen LogP contribution in [0.25, 0.3) is 0 Å². The van der Waals surface area contributed by atoms with Gasteiger partial charge in [0.15, 0.2) is 0 Å². The monoisotopic (exact) mass is 378 g/mol. The minimum atomic E-state index is -0.736. The molecule has 4 rings (SSSR count). The predicted octanol–water partition coefficient (Wildman–Crippen LogP) is 2.62. The summed E-state index contributed by atoms with van der Waals surface area (Å²) in [7, 11) is 0. The summed E-state index contributed by atoms with van der Waals surface area (Å²) in [5, 5.41) is 14.4. The lowest BCUT2D eigenvalue weighted by Crippen LogP contribution is -2.56. The highest BCUT2D eigenvalue weighted by atomic mass is 16.3. The van der Waals surface area contributed by atoms with Crippen LogP contribution in [0.2, 0.25) is 0 Å². The van der Waals surface area contributed by atoms with Crippen molar-refractivity contribution in [1.82, 2.24) is 15.1 Å². The second-order valence-electron chi connectivity index (χ2n) is 7.90. The number of urea groups is 1. The molecule has 2 aliphatic heterocycles. The third kappa shape index (κ3) is 4.21. The molecule has 28 heavy (non-hydrogen) atoms. The normalized spacial score (nSPS) is 22.1. The molecule has 2 aromatic rings. The number of benzene rings is 2. The van der Waals surface area contributed by atoms with E-state index in [0.29, 0.717) is 38.9 Å². The first-order valence-corrected chi connectivity index (χ1v) is 10.1. The van der Waals surface area contributed by atoms with E-state index >= 15 is 0 Å². The minimum absolute atomic E-state index is 0.0591. The molecule has 0 aromatic heterocycles. The van der Waals surface area contributed by atoms with Gasteiger partial charge in [-0.2, -0.15) is 0 Å². The summed E-state index contributed by atoms with van der Waals surface area (Å²) < 4.78 is 0. The fraction of sp³-hybridized carbons (Fsp3) is 0.435. The Morgan fingerprint density at radius 1 is 1.11 bits per heavy atom. The summed E-state index contributed by atoms with van der Waals surface area (Å²) in [4.78, 5) is 17.1. The number of hydrogen-bond donors (Lipinski definition) is 2. The Kier molecular flexibility index (Phi) is 5.64. The Bertz CT molecular complexity index is 773. The van der Waals surface area contributed by atoms with E-state index in [1.54, 1.807) is 0 Å². The Morgan fingerprint density at radius 2 is 1.82 bits per heavy atom. The van der Waals surface area contributed by atoms with Crippen molar-refractivity contribution in [3.63, 3.8) is 0 Å². The topological polar surface area (TPSA) is 55.8 Å². The van der Waals surface area contributed by atoms with Crippen LogP contribution in [0.1, 0.15) is 30.0 Å². The van der Waals surface area contributed by atoms with Crippen LogP contribution in [-0.2, 0) is 6.42 Å². The maximum atomic E-state index is 13.2. The van der Waals surface area contributed by atoms with E-state index in [2.05, 4.69) is 23.5 Å². The molecule has 0 bridgehead atoms. The highest BCUT2D eigenvalue weighted by Crippen LogP contribution is 2.29. The minimum Gasteiger partial charge on any atom is -0.389 e. The first-order valence-electron chi connectivity index (χ1n) is 10.1. The van der Waals surface area contributed by atoms with Gasteiger partial charge in [-0.3, -0.25) is 0 Å². The molecule has 2 aromatic carbocycles. The summed E-state index contributed by atoms with van der Waals surface area (Å²) in [5.41, 5.74) is 1.55. The number of aliphatic hydroxyl groups is 1. The van der Waals surface area contributed by atoms with Gasteiger partial charge < -0.3 is 20.2 Å². The van der Waals surface area contributed by atoms with Crippen LogP contribution in [0, 0.1) is 6.07 Å². The maximum absolute atomic E-state index is 13.2. The van der Waals surface area contributed by atoms with Crippen LogP contribution in [0.5, 0.6) is 0 Å². The van der Waals surface area contributed by atoms with Crippen LogP contribution in [0.15, 0.2) is 54.6 Å². The maximum Gasteiger partial charge on any atom is 0.320 e. The average molecular weight is 378 g/mol. The van der Waals surface area contributed by atoms with E-state index in [-0.39, 0.29) is 12.1 Å². The van der Waals surface area contributed by atoms with Crippen molar-refractivity contribution in [2.75, 3.05) is 32.7 Å². The molecule has 147 valence electrons. The van der Waals surface area contributed by atoms with Crippen molar-refractivity contribution < 1.29 is 9.90 Å². The molecule has 2 heterocycles. The van der Waals surface area contributed by atoms with E-state index in [9.17, 15) is 9.90 Å². The van der Waals surface area contributed by atoms with Crippen molar-refractivity contribution in [3.8, 4) is 0 Å². The molecular weight excluding hydrogens is 350 g/mol. The van der Waals surface area contributed by atoms with Gasteiger partial charge in [0.1, 0.15) is 0 Å². The van der Waals surface area contributed by atoms with E-state index in [1.807, 2.05) is 52.3 Å². The zero-order chi connectivity index (χ0) is 19.4. The molecule has 2 saturated heterocycles. The third-order valence-corrected chi connectivity index (χ3v) is 5.96. The number of rotatable bonds is 3. The van der Waals surface area contributed by atoms with Gasteiger partial charge in [-0.05, 0) is 30.0 Å². The molecule has 2 amide bonds. The van der Waals surface area contributed by atoms with Gasteiger partial charge in [0, 0.05) is 39.1 Å². The lowest BCUT2D eigenvalue weighted by molar-refractivity contribution is -0.0164. The van der Waals surface area contributed by atoms with E-state index in [4.69, 9.17) is 0 Å². The molecule has 0 unspecified atom stereocenters. The molecule has 1 atom stereocenters. The van der Waals surface area contributed by atoms with Gasteiger partial charge in [0.25, 0.3) is 0 Å². The molecule has 1 radical (unpaired) electrons. The molecule has 2 aliphatic rings. The third-order valence-electron chi connectivity index (χ3n) is 5.96. The Hall–Kier alpha value is -2.37. The van der Waals surface area contributed by atoms with Crippen LogP contribution in [0.4, 0.5) is 4.79 Å². The zero-order valence-electron chi connectivity index (χ0n) is 16.2. The number of likely N-dealkylation sites (tertiary alicyclic amines) is 1. The second-order valence-corrected chi connectivity index (χ2v) is 7.90. The lowest BCUT2D eigenvalue weighted by atomic mass is 9.85. The number of piperidine rings is 1. The van der Waals surface area contributed by atoms with Gasteiger partial charge in [-0.15, -0.1) is 0 Å². The number of carbonyl (C=O) groups excluding carboxylic acids is 1. The van der Waals surface area contributed by atoms with Crippen molar-refractivity contribution in [1.29, 1.82) is 0 Å². The van der Waals surface area contributed by atoms with Crippen molar-refractivity contribution >= 4 is 6.03 Å². The van der Waals surface area contributed by atoms with Gasteiger partial charge in [0.2, 0.25) is 0 Å². The number of carbonyl (C=O) groups is 1. The van der Waals surface area contributed by atoms with Gasteiger partial charge >= 0.3 is 6.03 Å². The Morgan fingerprint density at radius 3 is 2.54 bits per heavy atom.